The summed E-state index contributed by atoms with van der Waals surface area (Å²) in [6.45, 7) is 6.67. The molecule has 0 aliphatic carbocycles. The molecule has 6 heteroatoms. The lowest BCUT2D eigenvalue weighted by molar-refractivity contribution is -0.134. The number of amides is 2. The van der Waals surface area contributed by atoms with Crippen molar-refractivity contribution in [3.05, 3.63) is 97.1 Å². The standard InChI is InChI=1S/C29H32N2O3S/c1-3-9-28(32)34-25-15-19-27(20-16-25)35-26-17-13-24(14-18-26)31(29(33)30-21-4-2)22-8-12-23-10-6-5-7-11-23/h4-7,10-11,13-20H,2-3,8-9,12,21-22H2,1H3,(H,30,33). The molecular formula is C29H32N2O3S. The molecule has 182 valence electrons. The van der Waals surface area contributed by atoms with E-state index in [1.54, 1.807) is 22.7 Å². The molecule has 1 N–H and O–H groups in total. The normalized spacial score (nSPS) is 10.4. The lowest BCUT2D eigenvalue weighted by atomic mass is 10.1. The molecule has 0 saturated carbocycles. The molecule has 0 fully saturated rings. The van der Waals surface area contributed by atoms with Gasteiger partial charge in [0.25, 0.3) is 0 Å². The molecule has 0 bridgehead atoms. The van der Waals surface area contributed by atoms with Crippen molar-refractivity contribution in [2.24, 2.45) is 0 Å². The molecular weight excluding hydrogens is 456 g/mol. The second-order valence-electron chi connectivity index (χ2n) is 8.01. The summed E-state index contributed by atoms with van der Waals surface area (Å²) in [5.41, 5.74) is 2.11. The Bertz CT molecular complexity index is 1080. The van der Waals surface area contributed by atoms with E-state index in [2.05, 4.69) is 24.0 Å². The van der Waals surface area contributed by atoms with E-state index in [1.165, 1.54) is 5.56 Å². The molecule has 2 amide bonds. The number of rotatable bonds is 12. The maximum Gasteiger partial charge on any atom is 0.322 e. The van der Waals surface area contributed by atoms with Crippen molar-refractivity contribution in [1.29, 1.82) is 0 Å². The maximum atomic E-state index is 12.8. The fourth-order valence-electron chi connectivity index (χ4n) is 3.48. The van der Waals surface area contributed by atoms with Gasteiger partial charge in [-0.05, 0) is 73.4 Å². The van der Waals surface area contributed by atoms with Crippen molar-refractivity contribution in [3.8, 4) is 5.75 Å². The van der Waals surface area contributed by atoms with Crippen LogP contribution in [0.25, 0.3) is 0 Å². The second kappa shape index (κ2) is 14.0. The minimum Gasteiger partial charge on any atom is -0.427 e. The molecule has 0 aromatic heterocycles. The number of hydrogen-bond acceptors (Lipinski definition) is 4. The van der Waals surface area contributed by atoms with E-state index >= 15 is 0 Å². The van der Waals surface area contributed by atoms with E-state index in [1.807, 2.05) is 73.7 Å². The van der Waals surface area contributed by atoms with Crippen molar-refractivity contribution < 1.29 is 14.3 Å². The smallest absolute Gasteiger partial charge is 0.322 e. The van der Waals surface area contributed by atoms with Gasteiger partial charge in [-0.15, -0.1) is 6.58 Å². The average Bonchev–Trinajstić information content (AvgIpc) is 2.88. The van der Waals surface area contributed by atoms with E-state index in [-0.39, 0.29) is 12.0 Å². The van der Waals surface area contributed by atoms with Crippen LogP contribution in [0.4, 0.5) is 10.5 Å². The second-order valence-corrected chi connectivity index (χ2v) is 9.15. The highest BCUT2D eigenvalue weighted by molar-refractivity contribution is 7.99. The van der Waals surface area contributed by atoms with Crippen LogP contribution < -0.4 is 15.0 Å². The Morgan fingerprint density at radius 3 is 2.26 bits per heavy atom. The average molecular weight is 489 g/mol. The van der Waals surface area contributed by atoms with Crippen LogP contribution in [0, 0.1) is 0 Å². The Hall–Kier alpha value is -3.51. The van der Waals surface area contributed by atoms with Crippen molar-refractivity contribution in [3.63, 3.8) is 0 Å². The molecule has 0 spiro atoms. The van der Waals surface area contributed by atoms with E-state index in [0.717, 1.165) is 34.7 Å². The lowest BCUT2D eigenvalue weighted by Crippen LogP contribution is -2.40. The van der Waals surface area contributed by atoms with Gasteiger partial charge in [0.15, 0.2) is 0 Å². The molecule has 3 aromatic carbocycles. The van der Waals surface area contributed by atoms with Gasteiger partial charge in [-0.25, -0.2) is 4.79 Å². The van der Waals surface area contributed by atoms with Crippen LogP contribution in [0.15, 0.2) is 101 Å². The highest BCUT2D eigenvalue weighted by Gasteiger charge is 2.15. The minimum atomic E-state index is -0.214. The number of esters is 1. The number of nitrogens with one attached hydrogen (secondary N) is 1. The van der Waals surface area contributed by atoms with Gasteiger partial charge in [0, 0.05) is 35.0 Å². The van der Waals surface area contributed by atoms with Crippen LogP contribution in [-0.2, 0) is 11.2 Å². The van der Waals surface area contributed by atoms with E-state index in [0.29, 0.717) is 25.3 Å². The summed E-state index contributed by atoms with van der Waals surface area (Å²) in [5.74, 6) is 0.341. The fraction of sp³-hybridized carbons (Fsp3) is 0.241. The number of aryl methyl sites for hydroxylation is 1. The summed E-state index contributed by atoms with van der Waals surface area (Å²) in [7, 11) is 0. The summed E-state index contributed by atoms with van der Waals surface area (Å²) < 4.78 is 5.32. The third-order valence-electron chi connectivity index (χ3n) is 5.23. The molecule has 0 heterocycles. The first-order chi connectivity index (χ1) is 17.1. The van der Waals surface area contributed by atoms with Gasteiger partial charge >= 0.3 is 12.0 Å². The summed E-state index contributed by atoms with van der Waals surface area (Å²) >= 11 is 1.61. The zero-order valence-electron chi connectivity index (χ0n) is 20.1. The van der Waals surface area contributed by atoms with Crippen molar-refractivity contribution in [2.45, 2.75) is 42.4 Å². The van der Waals surface area contributed by atoms with Crippen LogP contribution in [0.2, 0.25) is 0 Å². The van der Waals surface area contributed by atoms with Crippen LogP contribution in [0.5, 0.6) is 5.75 Å². The molecule has 0 aliphatic heterocycles. The fourth-order valence-corrected chi connectivity index (χ4v) is 4.30. The minimum absolute atomic E-state index is 0.133. The number of carbonyl (C=O) groups is 2. The number of urea groups is 1. The number of anilines is 1. The number of benzene rings is 3. The first-order valence-electron chi connectivity index (χ1n) is 11.9. The van der Waals surface area contributed by atoms with E-state index in [9.17, 15) is 9.59 Å². The van der Waals surface area contributed by atoms with Gasteiger partial charge in [0.2, 0.25) is 0 Å². The molecule has 0 saturated heterocycles. The molecule has 3 rings (SSSR count). The van der Waals surface area contributed by atoms with E-state index in [4.69, 9.17) is 4.74 Å². The number of ether oxygens (including phenoxy) is 1. The van der Waals surface area contributed by atoms with E-state index < -0.39 is 0 Å². The quantitative estimate of drug-likeness (QED) is 0.172. The highest BCUT2D eigenvalue weighted by atomic mass is 32.2. The Morgan fingerprint density at radius 1 is 0.971 bits per heavy atom. The topological polar surface area (TPSA) is 58.6 Å². The van der Waals surface area contributed by atoms with Crippen molar-refractivity contribution in [2.75, 3.05) is 18.0 Å². The third-order valence-corrected chi connectivity index (χ3v) is 6.24. The Balaban J connectivity index is 1.62. The SMILES string of the molecule is C=CCNC(=O)N(CCCc1ccccc1)c1ccc(Sc2ccc(OC(=O)CCC)cc2)cc1. The summed E-state index contributed by atoms with van der Waals surface area (Å²) in [6, 6.07) is 25.6. The molecule has 0 unspecified atom stereocenters. The van der Waals surface area contributed by atoms with Gasteiger partial charge in [-0.2, -0.15) is 0 Å². The highest BCUT2D eigenvalue weighted by Crippen LogP contribution is 2.30. The molecule has 5 nitrogen and oxygen atoms in total. The Morgan fingerprint density at radius 2 is 1.63 bits per heavy atom. The van der Waals surface area contributed by atoms with Gasteiger partial charge in [0.1, 0.15) is 5.75 Å². The molecule has 0 radical (unpaired) electrons. The Kier molecular flexibility index (Phi) is 10.5. The predicted octanol–water partition coefficient (Wildman–Crippen LogP) is 6.88. The van der Waals surface area contributed by atoms with Gasteiger partial charge in [-0.1, -0.05) is 55.1 Å². The molecule has 0 aliphatic rings. The number of carbonyl (C=O) groups excluding carboxylic acids is 2. The van der Waals surface area contributed by atoms with Gasteiger partial charge < -0.3 is 10.1 Å². The van der Waals surface area contributed by atoms with Crippen LogP contribution >= 0.6 is 11.8 Å². The van der Waals surface area contributed by atoms with Gasteiger partial charge in [-0.3, -0.25) is 9.69 Å². The zero-order chi connectivity index (χ0) is 24.9. The van der Waals surface area contributed by atoms with Crippen molar-refractivity contribution >= 4 is 29.4 Å². The summed E-state index contributed by atoms with van der Waals surface area (Å²) in [5, 5.41) is 2.89. The maximum absolute atomic E-state index is 12.8. The largest absolute Gasteiger partial charge is 0.427 e. The molecule has 0 atom stereocenters. The van der Waals surface area contributed by atoms with Crippen molar-refractivity contribution in [1.82, 2.24) is 5.32 Å². The third kappa shape index (κ3) is 8.65. The van der Waals surface area contributed by atoms with Crippen LogP contribution in [0.3, 0.4) is 0 Å². The first-order valence-corrected chi connectivity index (χ1v) is 12.7. The first kappa shape index (κ1) is 26.1. The summed E-state index contributed by atoms with van der Waals surface area (Å²) in [6.07, 6.45) is 4.62. The monoisotopic (exact) mass is 488 g/mol. The predicted molar refractivity (Wildman–Crippen MR) is 143 cm³/mol. The molecule has 35 heavy (non-hydrogen) atoms. The zero-order valence-corrected chi connectivity index (χ0v) is 20.9. The lowest BCUT2D eigenvalue weighted by Gasteiger charge is -2.23. The van der Waals surface area contributed by atoms with Gasteiger partial charge in [0.05, 0.1) is 0 Å². The summed E-state index contributed by atoms with van der Waals surface area (Å²) in [4.78, 5) is 28.3. The Labute approximate surface area is 212 Å². The number of hydrogen-bond donors (Lipinski definition) is 1. The number of nitrogens with zero attached hydrogens (tertiary/aromatic N) is 1. The van der Waals surface area contributed by atoms with Crippen LogP contribution in [-0.4, -0.2) is 25.1 Å². The molecule has 3 aromatic rings. The van der Waals surface area contributed by atoms with Crippen LogP contribution in [0.1, 0.15) is 31.7 Å².